The lowest BCUT2D eigenvalue weighted by atomic mass is 9.98. The molecule has 0 N–H and O–H groups in total. The molecule has 0 saturated heterocycles. The maximum atomic E-state index is 6.28. The zero-order valence-electron chi connectivity index (χ0n) is 18.7. The molecule has 2 heterocycles. The van der Waals surface area contributed by atoms with E-state index < -0.39 is 0 Å². The molecule has 4 heteroatoms. The van der Waals surface area contributed by atoms with Crippen molar-refractivity contribution in [3.63, 3.8) is 0 Å². The molecule has 0 aliphatic carbocycles. The minimum Gasteiger partial charge on any atom is -0.456 e. The first-order valence-electron chi connectivity index (χ1n) is 11.6. The zero-order valence-corrected chi connectivity index (χ0v) is 18.7. The highest BCUT2D eigenvalue weighted by atomic mass is 16.3. The van der Waals surface area contributed by atoms with Crippen molar-refractivity contribution >= 4 is 32.7 Å². The second-order valence-corrected chi connectivity index (χ2v) is 8.48. The lowest BCUT2D eigenvalue weighted by molar-refractivity contribution is 0.669. The fourth-order valence-electron chi connectivity index (χ4n) is 4.70. The lowest BCUT2D eigenvalue weighted by Gasteiger charge is -2.11. The number of hydrogen-bond donors (Lipinski definition) is 0. The highest BCUT2D eigenvalue weighted by Gasteiger charge is 2.20. The number of furan rings is 1. The first kappa shape index (κ1) is 19.6. The SMILES string of the molecule is c1ccc(-c2nc(-c3ccccc3)nc(-c3c4ccccc4cc4oc5ccccc5c34)n2)cc1. The third-order valence-corrected chi connectivity index (χ3v) is 6.31. The van der Waals surface area contributed by atoms with Gasteiger partial charge in [0.2, 0.25) is 0 Å². The van der Waals surface area contributed by atoms with Crippen molar-refractivity contribution in [2.75, 3.05) is 0 Å². The molecule has 0 saturated carbocycles. The van der Waals surface area contributed by atoms with Crippen molar-refractivity contribution < 1.29 is 4.42 Å². The first-order chi connectivity index (χ1) is 17.3. The van der Waals surface area contributed by atoms with Crippen LogP contribution in [-0.4, -0.2) is 15.0 Å². The quantitative estimate of drug-likeness (QED) is 0.275. The van der Waals surface area contributed by atoms with Crippen LogP contribution in [0.3, 0.4) is 0 Å². The maximum Gasteiger partial charge on any atom is 0.165 e. The van der Waals surface area contributed by atoms with Crippen LogP contribution >= 0.6 is 0 Å². The van der Waals surface area contributed by atoms with Gasteiger partial charge in [-0.25, -0.2) is 15.0 Å². The topological polar surface area (TPSA) is 51.8 Å². The van der Waals surface area contributed by atoms with Gasteiger partial charge in [0.1, 0.15) is 11.2 Å². The second-order valence-electron chi connectivity index (χ2n) is 8.48. The standard InChI is InChI=1S/C31H19N3O/c1-3-11-20(12-4-1)29-32-30(21-13-5-2-6-14-21)34-31(33-29)28-23-16-8-7-15-22(23)19-26-27(28)24-17-9-10-18-25(24)35-26/h1-19H. The van der Waals surface area contributed by atoms with Gasteiger partial charge in [-0.1, -0.05) is 103 Å². The Labute approximate surface area is 201 Å². The molecule has 164 valence electrons. The zero-order chi connectivity index (χ0) is 23.2. The van der Waals surface area contributed by atoms with Crippen LogP contribution in [0.25, 0.3) is 66.9 Å². The summed E-state index contributed by atoms with van der Waals surface area (Å²) in [4.78, 5) is 14.9. The molecule has 0 fully saturated rings. The fourth-order valence-corrected chi connectivity index (χ4v) is 4.70. The molecule has 5 aromatic carbocycles. The Morgan fingerprint density at radius 1 is 0.457 bits per heavy atom. The molecule has 0 amide bonds. The summed E-state index contributed by atoms with van der Waals surface area (Å²) in [6, 6.07) is 38.7. The highest BCUT2D eigenvalue weighted by Crippen LogP contribution is 2.41. The van der Waals surface area contributed by atoms with Crippen LogP contribution in [0.5, 0.6) is 0 Å². The van der Waals surface area contributed by atoms with Gasteiger partial charge < -0.3 is 4.42 Å². The van der Waals surface area contributed by atoms with Crippen LogP contribution in [-0.2, 0) is 0 Å². The number of nitrogens with zero attached hydrogens (tertiary/aromatic N) is 3. The molecule has 0 atom stereocenters. The predicted molar refractivity (Wildman–Crippen MR) is 141 cm³/mol. The van der Waals surface area contributed by atoms with Gasteiger partial charge in [-0.15, -0.1) is 0 Å². The van der Waals surface area contributed by atoms with E-state index in [1.54, 1.807) is 0 Å². The molecule has 7 rings (SSSR count). The summed E-state index contributed by atoms with van der Waals surface area (Å²) in [6.45, 7) is 0. The molecule has 7 aromatic rings. The van der Waals surface area contributed by atoms with Crippen molar-refractivity contribution in [2.24, 2.45) is 0 Å². The molecule has 4 nitrogen and oxygen atoms in total. The van der Waals surface area contributed by atoms with E-state index in [0.717, 1.165) is 49.4 Å². The highest BCUT2D eigenvalue weighted by molar-refractivity contribution is 6.19. The summed E-state index contributed by atoms with van der Waals surface area (Å²) >= 11 is 0. The number of para-hydroxylation sites is 1. The molecule has 35 heavy (non-hydrogen) atoms. The van der Waals surface area contributed by atoms with Crippen molar-refractivity contribution in [1.29, 1.82) is 0 Å². The number of fused-ring (bicyclic) bond motifs is 4. The van der Waals surface area contributed by atoms with Gasteiger partial charge in [0, 0.05) is 27.5 Å². The van der Waals surface area contributed by atoms with Crippen LogP contribution in [0.15, 0.2) is 120 Å². The van der Waals surface area contributed by atoms with Crippen molar-refractivity contribution in [2.45, 2.75) is 0 Å². The minimum atomic E-state index is 0.631. The van der Waals surface area contributed by atoms with Crippen molar-refractivity contribution in [3.05, 3.63) is 115 Å². The Morgan fingerprint density at radius 2 is 1.00 bits per heavy atom. The van der Waals surface area contributed by atoms with E-state index in [9.17, 15) is 0 Å². The Morgan fingerprint density at radius 3 is 1.69 bits per heavy atom. The lowest BCUT2D eigenvalue weighted by Crippen LogP contribution is -2.00. The van der Waals surface area contributed by atoms with Crippen LogP contribution < -0.4 is 0 Å². The van der Waals surface area contributed by atoms with Gasteiger partial charge in [0.05, 0.1) is 0 Å². The smallest absolute Gasteiger partial charge is 0.165 e. The number of benzene rings is 5. The molecule has 0 bridgehead atoms. The minimum absolute atomic E-state index is 0.631. The summed E-state index contributed by atoms with van der Waals surface area (Å²) < 4.78 is 6.28. The van der Waals surface area contributed by atoms with Gasteiger partial charge >= 0.3 is 0 Å². The average Bonchev–Trinajstić information content (AvgIpc) is 3.30. The summed E-state index contributed by atoms with van der Waals surface area (Å²) in [7, 11) is 0. The number of aromatic nitrogens is 3. The summed E-state index contributed by atoms with van der Waals surface area (Å²) in [6.07, 6.45) is 0. The van der Waals surface area contributed by atoms with Crippen LogP contribution in [0, 0.1) is 0 Å². The summed E-state index contributed by atoms with van der Waals surface area (Å²) in [5.41, 5.74) is 4.52. The van der Waals surface area contributed by atoms with Gasteiger partial charge in [-0.05, 0) is 22.9 Å². The van der Waals surface area contributed by atoms with Gasteiger partial charge in [-0.3, -0.25) is 0 Å². The van der Waals surface area contributed by atoms with E-state index in [-0.39, 0.29) is 0 Å². The van der Waals surface area contributed by atoms with E-state index in [1.165, 1.54) is 0 Å². The maximum absolute atomic E-state index is 6.28. The molecule has 0 aliphatic heterocycles. The van der Waals surface area contributed by atoms with Gasteiger partial charge in [-0.2, -0.15) is 0 Å². The normalized spacial score (nSPS) is 11.4. The summed E-state index contributed by atoms with van der Waals surface area (Å²) in [5, 5.41) is 4.22. The van der Waals surface area contributed by atoms with E-state index in [1.807, 2.05) is 84.9 Å². The molecular weight excluding hydrogens is 430 g/mol. The Hall–Kier alpha value is -4.83. The monoisotopic (exact) mass is 449 g/mol. The Kier molecular flexibility index (Phi) is 4.42. The van der Waals surface area contributed by atoms with Crippen LogP contribution in [0.4, 0.5) is 0 Å². The summed E-state index contributed by atoms with van der Waals surface area (Å²) in [5.74, 6) is 1.91. The molecule has 0 aliphatic rings. The van der Waals surface area contributed by atoms with Gasteiger partial charge in [0.15, 0.2) is 17.5 Å². The fraction of sp³-hybridized carbons (Fsp3) is 0. The van der Waals surface area contributed by atoms with Gasteiger partial charge in [0.25, 0.3) is 0 Å². The Balaban J connectivity index is 1.63. The van der Waals surface area contributed by atoms with E-state index in [0.29, 0.717) is 17.5 Å². The number of rotatable bonds is 3. The average molecular weight is 450 g/mol. The first-order valence-corrected chi connectivity index (χ1v) is 11.6. The van der Waals surface area contributed by atoms with E-state index >= 15 is 0 Å². The number of hydrogen-bond acceptors (Lipinski definition) is 4. The molecular formula is C31H19N3O. The van der Waals surface area contributed by atoms with E-state index in [4.69, 9.17) is 19.4 Å². The molecule has 2 aromatic heterocycles. The third-order valence-electron chi connectivity index (χ3n) is 6.31. The second kappa shape index (κ2) is 7.89. The molecule has 0 radical (unpaired) electrons. The van der Waals surface area contributed by atoms with Crippen LogP contribution in [0.1, 0.15) is 0 Å². The largest absolute Gasteiger partial charge is 0.456 e. The molecule has 0 spiro atoms. The van der Waals surface area contributed by atoms with E-state index in [2.05, 4.69) is 30.3 Å². The van der Waals surface area contributed by atoms with Crippen molar-refractivity contribution in [3.8, 4) is 34.2 Å². The third kappa shape index (κ3) is 3.27. The van der Waals surface area contributed by atoms with Crippen molar-refractivity contribution in [1.82, 2.24) is 15.0 Å². The molecule has 0 unspecified atom stereocenters. The predicted octanol–water partition coefficient (Wildman–Crippen LogP) is 7.93. The van der Waals surface area contributed by atoms with Crippen LogP contribution in [0.2, 0.25) is 0 Å². The Bertz CT molecular complexity index is 1780.